The Morgan fingerprint density at radius 2 is 2.21 bits per heavy atom. The van der Waals surface area contributed by atoms with Crippen molar-refractivity contribution in [2.45, 2.75) is 25.3 Å². The van der Waals surface area contributed by atoms with Gasteiger partial charge in [0.1, 0.15) is 0 Å². The van der Waals surface area contributed by atoms with Crippen LogP contribution in [0.4, 0.5) is 0 Å². The van der Waals surface area contributed by atoms with Gasteiger partial charge in [-0.05, 0) is 42.5 Å². The van der Waals surface area contributed by atoms with E-state index in [1.54, 1.807) is 18.3 Å². The fourth-order valence-corrected chi connectivity index (χ4v) is 2.61. The SMILES string of the molecule is Cl.O=C(O)c1ccc2c(c1)CC(n1ccnc1)CC2. The Kier molecular flexibility index (Phi) is 3.90. The molecule has 1 heterocycles. The number of benzene rings is 1. The van der Waals surface area contributed by atoms with Crippen LogP contribution < -0.4 is 0 Å². The maximum absolute atomic E-state index is 11.0. The standard InChI is InChI=1S/C14H14N2O2.ClH/c17-14(18)11-2-1-10-3-4-13(8-12(10)7-11)16-6-5-15-9-16;/h1-2,5-7,9,13H,3-4,8H2,(H,17,18);1H. The van der Waals surface area contributed by atoms with Crippen molar-refractivity contribution >= 4 is 18.4 Å². The molecule has 0 saturated carbocycles. The van der Waals surface area contributed by atoms with Gasteiger partial charge >= 0.3 is 5.97 Å². The number of halogens is 1. The molecule has 1 atom stereocenters. The molecule has 3 rings (SSSR count). The Balaban J connectivity index is 0.00000133. The fourth-order valence-electron chi connectivity index (χ4n) is 2.61. The first-order chi connectivity index (χ1) is 8.74. The molecule has 0 fully saturated rings. The quantitative estimate of drug-likeness (QED) is 0.919. The van der Waals surface area contributed by atoms with Crippen LogP contribution in [-0.4, -0.2) is 20.6 Å². The zero-order valence-electron chi connectivity index (χ0n) is 10.3. The number of rotatable bonds is 2. The predicted octanol–water partition coefficient (Wildman–Crippen LogP) is 2.73. The maximum Gasteiger partial charge on any atom is 0.335 e. The van der Waals surface area contributed by atoms with Gasteiger partial charge in [-0.3, -0.25) is 0 Å². The summed E-state index contributed by atoms with van der Waals surface area (Å²) in [7, 11) is 0. The topological polar surface area (TPSA) is 55.1 Å². The van der Waals surface area contributed by atoms with Crippen molar-refractivity contribution in [3.63, 3.8) is 0 Å². The molecule has 0 bridgehead atoms. The van der Waals surface area contributed by atoms with E-state index >= 15 is 0 Å². The summed E-state index contributed by atoms with van der Waals surface area (Å²) in [6.45, 7) is 0. The van der Waals surface area contributed by atoms with E-state index in [4.69, 9.17) is 5.11 Å². The number of hydrogen-bond donors (Lipinski definition) is 1. The zero-order valence-corrected chi connectivity index (χ0v) is 11.1. The van der Waals surface area contributed by atoms with E-state index in [-0.39, 0.29) is 12.4 Å². The number of aryl methyl sites for hydroxylation is 1. The third kappa shape index (κ3) is 2.63. The number of hydrogen-bond acceptors (Lipinski definition) is 2. The first kappa shape index (κ1) is 13.6. The lowest BCUT2D eigenvalue weighted by atomic mass is 9.87. The van der Waals surface area contributed by atoms with Crippen molar-refractivity contribution in [1.82, 2.24) is 9.55 Å². The molecule has 2 aromatic rings. The normalized spacial score (nSPS) is 17.4. The molecule has 0 saturated heterocycles. The second-order valence-corrected chi connectivity index (χ2v) is 4.70. The summed E-state index contributed by atoms with van der Waals surface area (Å²) in [4.78, 5) is 15.0. The van der Waals surface area contributed by atoms with Crippen LogP contribution in [0.1, 0.15) is 33.9 Å². The third-order valence-electron chi connectivity index (χ3n) is 3.60. The summed E-state index contributed by atoms with van der Waals surface area (Å²) in [6.07, 6.45) is 8.54. The van der Waals surface area contributed by atoms with Crippen molar-refractivity contribution in [3.8, 4) is 0 Å². The van der Waals surface area contributed by atoms with Gasteiger partial charge in [0, 0.05) is 18.4 Å². The minimum absolute atomic E-state index is 0. The van der Waals surface area contributed by atoms with Crippen LogP contribution in [0.15, 0.2) is 36.9 Å². The average molecular weight is 279 g/mol. The van der Waals surface area contributed by atoms with Crippen molar-refractivity contribution in [2.24, 2.45) is 0 Å². The van der Waals surface area contributed by atoms with E-state index in [0.29, 0.717) is 11.6 Å². The van der Waals surface area contributed by atoms with E-state index in [1.165, 1.54) is 5.56 Å². The second kappa shape index (κ2) is 5.45. The number of imidazole rings is 1. The van der Waals surface area contributed by atoms with Gasteiger partial charge in [-0.2, -0.15) is 0 Å². The molecule has 1 unspecified atom stereocenters. The van der Waals surface area contributed by atoms with Gasteiger partial charge < -0.3 is 9.67 Å². The third-order valence-corrected chi connectivity index (χ3v) is 3.60. The van der Waals surface area contributed by atoms with Gasteiger partial charge in [-0.1, -0.05) is 6.07 Å². The summed E-state index contributed by atoms with van der Waals surface area (Å²) >= 11 is 0. The zero-order chi connectivity index (χ0) is 12.5. The van der Waals surface area contributed by atoms with Gasteiger partial charge in [-0.25, -0.2) is 9.78 Å². The average Bonchev–Trinajstić information content (AvgIpc) is 2.91. The van der Waals surface area contributed by atoms with Crippen molar-refractivity contribution < 1.29 is 9.90 Å². The Morgan fingerprint density at radius 3 is 2.89 bits per heavy atom. The second-order valence-electron chi connectivity index (χ2n) is 4.70. The number of aromatic nitrogens is 2. The molecule has 0 amide bonds. The van der Waals surface area contributed by atoms with Gasteiger partial charge in [0.2, 0.25) is 0 Å². The van der Waals surface area contributed by atoms with E-state index in [9.17, 15) is 4.79 Å². The maximum atomic E-state index is 11.0. The highest BCUT2D eigenvalue weighted by atomic mass is 35.5. The largest absolute Gasteiger partial charge is 0.478 e. The van der Waals surface area contributed by atoms with E-state index in [1.807, 2.05) is 18.6 Å². The number of carboxylic acid groups (broad SMARTS) is 1. The van der Waals surface area contributed by atoms with Crippen LogP contribution in [0.5, 0.6) is 0 Å². The Hall–Kier alpha value is -1.81. The number of aromatic carboxylic acids is 1. The highest BCUT2D eigenvalue weighted by molar-refractivity contribution is 5.87. The molecular weight excluding hydrogens is 264 g/mol. The van der Waals surface area contributed by atoms with E-state index in [0.717, 1.165) is 24.8 Å². The van der Waals surface area contributed by atoms with Crippen LogP contribution in [0.25, 0.3) is 0 Å². The summed E-state index contributed by atoms with van der Waals surface area (Å²) in [5.74, 6) is -0.859. The van der Waals surface area contributed by atoms with Crippen LogP contribution >= 0.6 is 12.4 Å². The molecular formula is C14H15ClN2O2. The Labute approximate surface area is 117 Å². The van der Waals surface area contributed by atoms with E-state index < -0.39 is 5.97 Å². The summed E-state index contributed by atoms with van der Waals surface area (Å²) < 4.78 is 2.11. The van der Waals surface area contributed by atoms with Gasteiger partial charge in [0.05, 0.1) is 11.9 Å². The lowest BCUT2D eigenvalue weighted by Gasteiger charge is -2.25. The molecule has 1 aliphatic rings. The summed E-state index contributed by atoms with van der Waals surface area (Å²) in [5.41, 5.74) is 2.80. The highest BCUT2D eigenvalue weighted by Crippen LogP contribution is 2.29. The monoisotopic (exact) mass is 278 g/mol. The number of carbonyl (C=O) groups is 1. The van der Waals surface area contributed by atoms with Crippen LogP contribution in [-0.2, 0) is 12.8 Å². The summed E-state index contributed by atoms with van der Waals surface area (Å²) in [5, 5.41) is 9.02. The number of fused-ring (bicyclic) bond motifs is 1. The molecule has 100 valence electrons. The van der Waals surface area contributed by atoms with Crippen LogP contribution in [0.3, 0.4) is 0 Å². The fraction of sp³-hybridized carbons (Fsp3) is 0.286. The lowest BCUT2D eigenvalue weighted by molar-refractivity contribution is 0.0696. The first-order valence-corrected chi connectivity index (χ1v) is 6.06. The molecule has 19 heavy (non-hydrogen) atoms. The molecule has 1 aromatic carbocycles. The molecule has 0 aliphatic heterocycles. The molecule has 0 radical (unpaired) electrons. The van der Waals surface area contributed by atoms with Crippen LogP contribution in [0.2, 0.25) is 0 Å². The van der Waals surface area contributed by atoms with Crippen molar-refractivity contribution in [1.29, 1.82) is 0 Å². The molecule has 4 nitrogen and oxygen atoms in total. The molecule has 5 heteroatoms. The van der Waals surface area contributed by atoms with Gasteiger partial charge in [0.25, 0.3) is 0 Å². The lowest BCUT2D eigenvalue weighted by Crippen LogP contribution is -2.18. The van der Waals surface area contributed by atoms with Gasteiger partial charge in [-0.15, -0.1) is 12.4 Å². The van der Waals surface area contributed by atoms with Crippen molar-refractivity contribution in [2.75, 3.05) is 0 Å². The molecule has 1 aliphatic carbocycles. The van der Waals surface area contributed by atoms with Crippen LogP contribution in [0, 0.1) is 0 Å². The predicted molar refractivity (Wildman–Crippen MR) is 73.9 cm³/mol. The highest BCUT2D eigenvalue weighted by Gasteiger charge is 2.20. The van der Waals surface area contributed by atoms with E-state index in [2.05, 4.69) is 9.55 Å². The first-order valence-electron chi connectivity index (χ1n) is 6.06. The minimum Gasteiger partial charge on any atom is -0.478 e. The smallest absolute Gasteiger partial charge is 0.335 e. The summed E-state index contributed by atoms with van der Waals surface area (Å²) in [6, 6.07) is 5.84. The van der Waals surface area contributed by atoms with Gasteiger partial charge in [0.15, 0.2) is 0 Å². The Morgan fingerprint density at radius 1 is 1.37 bits per heavy atom. The minimum atomic E-state index is -0.859. The molecule has 0 spiro atoms. The Bertz CT molecular complexity index is 581. The number of nitrogens with zero attached hydrogens (tertiary/aromatic N) is 2. The molecule has 1 N–H and O–H groups in total. The number of carboxylic acids is 1. The van der Waals surface area contributed by atoms with Crippen molar-refractivity contribution in [3.05, 3.63) is 53.6 Å². The molecule has 1 aromatic heterocycles.